The van der Waals surface area contributed by atoms with Gasteiger partial charge in [-0.05, 0) is 54.1 Å². The van der Waals surface area contributed by atoms with E-state index in [2.05, 4.69) is 10.1 Å². The van der Waals surface area contributed by atoms with E-state index >= 15 is 0 Å². The minimum Gasteiger partial charge on any atom is -0.497 e. The summed E-state index contributed by atoms with van der Waals surface area (Å²) in [6.45, 7) is 1.79. The molecule has 4 rings (SSSR count). The fourth-order valence-electron chi connectivity index (χ4n) is 3.31. The van der Waals surface area contributed by atoms with E-state index in [9.17, 15) is 4.79 Å². The Hall–Kier alpha value is -3.64. The Bertz CT molecular complexity index is 1190. The molecule has 0 aliphatic carbocycles. The van der Waals surface area contributed by atoms with Crippen LogP contribution in [0.25, 0.3) is 22.4 Å². The molecule has 7 heteroatoms. The van der Waals surface area contributed by atoms with Gasteiger partial charge >= 0.3 is 0 Å². The summed E-state index contributed by atoms with van der Waals surface area (Å²) in [5.41, 5.74) is 3.45. The lowest BCUT2D eigenvalue weighted by Gasteiger charge is -2.21. The van der Waals surface area contributed by atoms with Gasteiger partial charge in [0, 0.05) is 24.4 Å². The Labute approximate surface area is 185 Å². The number of amides is 1. The van der Waals surface area contributed by atoms with E-state index in [0.29, 0.717) is 27.9 Å². The number of aromatic nitrogens is 2. The van der Waals surface area contributed by atoms with E-state index in [4.69, 9.17) is 20.9 Å². The molecule has 4 aromatic rings. The van der Waals surface area contributed by atoms with Crippen LogP contribution in [0.4, 0.5) is 11.6 Å². The smallest absolute Gasteiger partial charge is 0.247 e. The Kier molecular flexibility index (Phi) is 6.00. The Balaban J connectivity index is 1.95. The summed E-state index contributed by atoms with van der Waals surface area (Å²) in [6, 6.07) is 18.3. The van der Waals surface area contributed by atoms with Gasteiger partial charge in [0.05, 0.1) is 23.4 Å². The number of anilines is 2. The number of rotatable bonds is 6. The molecule has 156 valence electrons. The molecule has 0 N–H and O–H groups in total. The van der Waals surface area contributed by atoms with Crippen molar-refractivity contribution in [1.29, 1.82) is 0 Å². The summed E-state index contributed by atoms with van der Waals surface area (Å²) in [4.78, 5) is 18.6. The minimum absolute atomic E-state index is 0.166. The van der Waals surface area contributed by atoms with E-state index < -0.39 is 0 Å². The summed E-state index contributed by atoms with van der Waals surface area (Å²) in [5.74, 6) is 0.870. The van der Waals surface area contributed by atoms with Crippen LogP contribution in [0.15, 0.2) is 77.6 Å². The standard InChI is InChI=1S/C24H20ClN3O3/c1-3-21(29)28(20-7-5-4-6-19(20)25)24-22(16-12-14-26-15-13-16)23(27-31-24)17-8-10-18(30-2)11-9-17/h4-15H,3H2,1-2H3. The van der Waals surface area contributed by atoms with Gasteiger partial charge in [0.1, 0.15) is 11.4 Å². The third-order valence-corrected chi connectivity index (χ3v) is 5.17. The molecule has 2 aromatic carbocycles. The summed E-state index contributed by atoms with van der Waals surface area (Å²) in [6.07, 6.45) is 3.64. The molecule has 0 aliphatic rings. The lowest BCUT2D eigenvalue weighted by molar-refractivity contribution is -0.117. The van der Waals surface area contributed by atoms with Crippen LogP contribution < -0.4 is 9.64 Å². The van der Waals surface area contributed by atoms with Crippen molar-refractivity contribution in [3.8, 4) is 28.1 Å². The predicted molar refractivity (Wildman–Crippen MR) is 121 cm³/mol. The lowest BCUT2D eigenvalue weighted by Crippen LogP contribution is -2.25. The maximum Gasteiger partial charge on any atom is 0.247 e. The van der Waals surface area contributed by atoms with Gasteiger partial charge in [-0.1, -0.05) is 35.8 Å². The number of pyridine rings is 1. The van der Waals surface area contributed by atoms with E-state index in [1.807, 2.05) is 48.5 Å². The number of carbonyl (C=O) groups excluding carboxylic acids is 1. The van der Waals surface area contributed by atoms with Crippen LogP contribution in [-0.2, 0) is 4.79 Å². The van der Waals surface area contributed by atoms with Crippen LogP contribution in [0.1, 0.15) is 13.3 Å². The zero-order chi connectivity index (χ0) is 21.8. The first-order valence-corrected chi connectivity index (χ1v) is 10.1. The van der Waals surface area contributed by atoms with Crippen molar-refractivity contribution in [3.63, 3.8) is 0 Å². The van der Waals surface area contributed by atoms with Crippen molar-refractivity contribution >= 4 is 29.1 Å². The van der Waals surface area contributed by atoms with E-state index in [0.717, 1.165) is 16.9 Å². The van der Waals surface area contributed by atoms with Crippen LogP contribution in [0.5, 0.6) is 5.75 Å². The molecular formula is C24H20ClN3O3. The van der Waals surface area contributed by atoms with Crippen molar-refractivity contribution in [2.45, 2.75) is 13.3 Å². The second-order valence-electron chi connectivity index (χ2n) is 6.71. The number of ether oxygens (including phenoxy) is 1. The average Bonchev–Trinajstić information content (AvgIpc) is 3.25. The highest BCUT2D eigenvalue weighted by atomic mass is 35.5. The summed E-state index contributed by atoms with van der Waals surface area (Å²) in [5, 5.41) is 4.78. The van der Waals surface area contributed by atoms with Crippen LogP contribution in [0.3, 0.4) is 0 Å². The molecule has 0 spiro atoms. The van der Waals surface area contributed by atoms with Crippen molar-refractivity contribution in [1.82, 2.24) is 10.1 Å². The van der Waals surface area contributed by atoms with E-state index in [-0.39, 0.29) is 12.3 Å². The van der Waals surface area contributed by atoms with Gasteiger partial charge in [0.2, 0.25) is 11.8 Å². The first-order valence-electron chi connectivity index (χ1n) is 9.76. The van der Waals surface area contributed by atoms with Gasteiger partial charge in [-0.3, -0.25) is 9.78 Å². The maximum absolute atomic E-state index is 13.0. The van der Waals surface area contributed by atoms with Crippen LogP contribution >= 0.6 is 11.6 Å². The van der Waals surface area contributed by atoms with Crippen LogP contribution in [-0.4, -0.2) is 23.2 Å². The fraction of sp³-hybridized carbons (Fsp3) is 0.125. The molecule has 0 unspecified atom stereocenters. The third kappa shape index (κ3) is 4.02. The van der Waals surface area contributed by atoms with E-state index in [1.54, 1.807) is 38.6 Å². The number of carbonyl (C=O) groups is 1. The second kappa shape index (κ2) is 9.02. The summed E-state index contributed by atoms with van der Waals surface area (Å²) >= 11 is 6.45. The Morgan fingerprint density at radius 3 is 2.39 bits per heavy atom. The molecule has 1 amide bonds. The normalized spacial score (nSPS) is 10.7. The van der Waals surface area contributed by atoms with Gasteiger partial charge in [0.25, 0.3) is 0 Å². The maximum atomic E-state index is 13.0. The Morgan fingerprint density at radius 2 is 1.74 bits per heavy atom. The topological polar surface area (TPSA) is 68.5 Å². The summed E-state index contributed by atoms with van der Waals surface area (Å²) in [7, 11) is 1.61. The highest BCUT2D eigenvalue weighted by Gasteiger charge is 2.29. The molecule has 6 nitrogen and oxygen atoms in total. The van der Waals surface area contributed by atoms with Gasteiger partial charge in [-0.25, -0.2) is 4.90 Å². The molecule has 31 heavy (non-hydrogen) atoms. The highest BCUT2D eigenvalue weighted by molar-refractivity contribution is 6.34. The molecule has 0 atom stereocenters. The number of nitrogens with zero attached hydrogens (tertiary/aromatic N) is 3. The first-order chi connectivity index (χ1) is 15.1. The number of para-hydroxylation sites is 1. The zero-order valence-corrected chi connectivity index (χ0v) is 17.8. The van der Waals surface area contributed by atoms with E-state index in [1.165, 1.54) is 4.90 Å². The van der Waals surface area contributed by atoms with Crippen LogP contribution in [0, 0.1) is 0 Å². The molecule has 0 bridgehead atoms. The molecule has 0 aliphatic heterocycles. The summed E-state index contributed by atoms with van der Waals surface area (Å²) < 4.78 is 11.1. The molecule has 0 saturated heterocycles. The largest absolute Gasteiger partial charge is 0.497 e. The first kappa shape index (κ1) is 20.6. The highest BCUT2D eigenvalue weighted by Crippen LogP contribution is 2.43. The van der Waals surface area contributed by atoms with Crippen molar-refractivity contribution in [3.05, 3.63) is 78.1 Å². The quantitative estimate of drug-likeness (QED) is 0.365. The number of hydrogen-bond acceptors (Lipinski definition) is 5. The molecule has 2 heterocycles. The SMILES string of the molecule is CCC(=O)N(c1ccccc1Cl)c1onc(-c2ccc(OC)cc2)c1-c1ccncc1. The predicted octanol–water partition coefficient (Wildman–Crippen LogP) is 6.14. The number of halogens is 1. The molecule has 0 fully saturated rings. The van der Waals surface area contributed by atoms with Gasteiger partial charge < -0.3 is 9.26 Å². The molecular weight excluding hydrogens is 414 g/mol. The third-order valence-electron chi connectivity index (χ3n) is 4.85. The monoisotopic (exact) mass is 433 g/mol. The number of hydrogen-bond donors (Lipinski definition) is 0. The minimum atomic E-state index is -0.166. The van der Waals surface area contributed by atoms with Gasteiger partial charge in [0.15, 0.2) is 0 Å². The Morgan fingerprint density at radius 1 is 1.03 bits per heavy atom. The zero-order valence-electron chi connectivity index (χ0n) is 17.1. The second-order valence-corrected chi connectivity index (χ2v) is 7.12. The number of methoxy groups -OCH3 is 1. The van der Waals surface area contributed by atoms with Crippen molar-refractivity contribution < 1.29 is 14.1 Å². The van der Waals surface area contributed by atoms with Gasteiger partial charge in [-0.2, -0.15) is 0 Å². The molecule has 0 saturated carbocycles. The average molecular weight is 434 g/mol. The fourth-order valence-corrected chi connectivity index (χ4v) is 3.53. The number of benzene rings is 2. The molecule has 0 radical (unpaired) electrons. The van der Waals surface area contributed by atoms with Gasteiger partial charge in [-0.15, -0.1) is 0 Å². The molecule has 2 aromatic heterocycles. The van der Waals surface area contributed by atoms with Crippen molar-refractivity contribution in [2.75, 3.05) is 12.0 Å². The lowest BCUT2D eigenvalue weighted by atomic mass is 10.0. The van der Waals surface area contributed by atoms with Crippen LogP contribution in [0.2, 0.25) is 5.02 Å². The van der Waals surface area contributed by atoms with Crippen molar-refractivity contribution in [2.24, 2.45) is 0 Å².